The van der Waals surface area contributed by atoms with Crippen LogP contribution < -0.4 is 4.74 Å². The van der Waals surface area contributed by atoms with Gasteiger partial charge in [0.05, 0.1) is 10.9 Å². The van der Waals surface area contributed by atoms with Crippen molar-refractivity contribution in [3.63, 3.8) is 0 Å². The minimum atomic E-state index is -1.04. The molecular weight excluding hydrogens is 502 g/mol. The van der Waals surface area contributed by atoms with Crippen molar-refractivity contribution < 1.29 is 14.6 Å². The van der Waals surface area contributed by atoms with Crippen molar-refractivity contribution in [2.45, 2.75) is 71.6 Å². The fourth-order valence-electron chi connectivity index (χ4n) is 6.69. The number of carbonyl (C=O) groups is 1. The molecule has 0 saturated heterocycles. The molecule has 3 heterocycles. The second-order valence-corrected chi connectivity index (χ2v) is 11.9. The fourth-order valence-corrected chi connectivity index (χ4v) is 6.69. The first kappa shape index (κ1) is 26.4. The first-order valence-corrected chi connectivity index (χ1v) is 14.2. The molecule has 1 aliphatic heterocycles. The number of carboxylic acids is 1. The van der Waals surface area contributed by atoms with Gasteiger partial charge in [-0.3, -0.25) is 14.7 Å². The fraction of sp³-hybridized carbons (Fsp3) is 0.438. The number of aliphatic carboxylic acids is 1. The highest BCUT2D eigenvalue weighted by molar-refractivity contribution is 5.81. The van der Waals surface area contributed by atoms with Crippen LogP contribution in [0.15, 0.2) is 48.8 Å². The molecule has 2 aromatic heterocycles. The number of pyridine rings is 1. The summed E-state index contributed by atoms with van der Waals surface area (Å²) in [7, 11) is 1.87. The molecule has 2 aromatic carbocycles. The number of hydrogen-bond donors (Lipinski definition) is 1. The van der Waals surface area contributed by atoms with Gasteiger partial charge < -0.3 is 9.84 Å². The highest BCUT2D eigenvalue weighted by Gasteiger charge is 2.41. The highest BCUT2D eigenvalue weighted by atomic mass is 16.5. The van der Waals surface area contributed by atoms with Gasteiger partial charge in [0.2, 0.25) is 0 Å². The van der Waals surface area contributed by atoms with Crippen LogP contribution >= 0.6 is 0 Å². The van der Waals surface area contributed by atoms with Crippen LogP contribution in [0.4, 0.5) is 0 Å². The maximum absolute atomic E-state index is 12.7. The standard InChI is InChI=1S/C32H37N5O3/c1-6-23-18-37(17-22-16-33-14-13-28(22)40-23)26-11-9-20-7-8-21(15-25(20)26)29(32(3,4)31(38)39)24-10-12-27-30(19(24)2)34-35-36(27)5/h7-8,10,12-16,23,26,29H,6,9,11,17-18H2,1-5H3,(H,38,39)/t23-,26?,29?/m1/s1. The summed E-state index contributed by atoms with van der Waals surface area (Å²) in [5.41, 5.74) is 7.42. The Hall–Kier alpha value is -3.78. The van der Waals surface area contributed by atoms with E-state index in [-0.39, 0.29) is 18.1 Å². The zero-order valence-corrected chi connectivity index (χ0v) is 23.9. The van der Waals surface area contributed by atoms with Gasteiger partial charge in [0.1, 0.15) is 17.4 Å². The van der Waals surface area contributed by atoms with Crippen molar-refractivity contribution in [1.82, 2.24) is 24.9 Å². The summed E-state index contributed by atoms with van der Waals surface area (Å²) < 4.78 is 8.12. The molecule has 4 aromatic rings. The van der Waals surface area contributed by atoms with Crippen LogP contribution in [0.25, 0.3) is 11.0 Å². The van der Waals surface area contributed by atoms with Gasteiger partial charge in [-0.2, -0.15) is 0 Å². The largest absolute Gasteiger partial charge is 0.489 e. The molecule has 0 spiro atoms. The predicted molar refractivity (Wildman–Crippen MR) is 153 cm³/mol. The second-order valence-electron chi connectivity index (χ2n) is 11.9. The number of benzene rings is 2. The van der Waals surface area contributed by atoms with Crippen LogP contribution in [0.3, 0.4) is 0 Å². The molecule has 2 unspecified atom stereocenters. The lowest BCUT2D eigenvalue weighted by Crippen LogP contribution is -2.35. The SMILES string of the molecule is CC[C@@H]1CN(C2CCc3ccc(C(c4ccc5c(nnn5C)c4C)C(C)(C)C(=O)O)cc32)Cc2cnccc2O1. The van der Waals surface area contributed by atoms with E-state index in [2.05, 4.69) is 51.4 Å². The molecular formula is C32H37N5O3. The number of aromatic nitrogens is 4. The molecule has 0 saturated carbocycles. The Kier molecular flexibility index (Phi) is 6.61. The molecule has 1 aliphatic carbocycles. The van der Waals surface area contributed by atoms with Gasteiger partial charge in [-0.15, -0.1) is 5.10 Å². The predicted octanol–water partition coefficient (Wildman–Crippen LogP) is 5.57. The van der Waals surface area contributed by atoms with Crippen molar-refractivity contribution in [2.75, 3.05) is 6.54 Å². The summed E-state index contributed by atoms with van der Waals surface area (Å²) >= 11 is 0. The van der Waals surface area contributed by atoms with Gasteiger partial charge in [-0.25, -0.2) is 4.68 Å². The monoisotopic (exact) mass is 539 g/mol. The smallest absolute Gasteiger partial charge is 0.310 e. The summed E-state index contributed by atoms with van der Waals surface area (Å²) in [4.78, 5) is 19.6. The summed E-state index contributed by atoms with van der Waals surface area (Å²) in [6.07, 6.45) is 6.79. The maximum Gasteiger partial charge on any atom is 0.310 e. The Labute approximate surface area is 235 Å². The van der Waals surface area contributed by atoms with Crippen molar-refractivity contribution in [3.8, 4) is 5.75 Å². The van der Waals surface area contributed by atoms with E-state index in [1.165, 1.54) is 11.1 Å². The van der Waals surface area contributed by atoms with Gasteiger partial charge in [0, 0.05) is 50.1 Å². The van der Waals surface area contributed by atoms with Crippen LogP contribution in [-0.4, -0.2) is 48.6 Å². The van der Waals surface area contributed by atoms with Crippen molar-refractivity contribution in [3.05, 3.63) is 82.2 Å². The number of nitrogens with zero attached hydrogens (tertiary/aromatic N) is 5. The van der Waals surface area contributed by atoms with Crippen molar-refractivity contribution in [1.29, 1.82) is 0 Å². The third-order valence-electron chi connectivity index (χ3n) is 9.07. The van der Waals surface area contributed by atoms with Gasteiger partial charge in [-0.05, 0) is 80.0 Å². The third kappa shape index (κ3) is 4.35. The molecule has 40 heavy (non-hydrogen) atoms. The summed E-state index contributed by atoms with van der Waals surface area (Å²) in [6, 6.07) is 12.9. The number of aryl methyl sites for hydroxylation is 3. The molecule has 8 nitrogen and oxygen atoms in total. The van der Waals surface area contributed by atoms with E-state index >= 15 is 0 Å². The molecule has 0 radical (unpaired) electrons. The Balaban J connectivity index is 1.44. The first-order chi connectivity index (χ1) is 19.2. The average Bonchev–Trinajstić information content (AvgIpc) is 3.47. The van der Waals surface area contributed by atoms with E-state index in [9.17, 15) is 9.90 Å². The normalized spacial score (nSPS) is 20.0. The lowest BCUT2D eigenvalue weighted by molar-refractivity contribution is -0.147. The molecule has 0 bridgehead atoms. The zero-order chi connectivity index (χ0) is 28.2. The van der Waals surface area contributed by atoms with E-state index in [1.807, 2.05) is 46.1 Å². The molecule has 6 rings (SSSR count). The number of fused-ring (bicyclic) bond motifs is 3. The van der Waals surface area contributed by atoms with Crippen LogP contribution in [0.1, 0.15) is 79.0 Å². The molecule has 2 aliphatic rings. The number of hydrogen-bond acceptors (Lipinski definition) is 6. The Morgan fingerprint density at radius 3 is 2.80 bits per heavy atom. The van der Waals surface area contributed by atoms with E-state index in [4.69, 9.17) is 4.74 Å². The third-order valence-corrected chi connectivity index (χ3v) is 9.07. The zero-order valence-electron chi connectivity index (χ0n) is 23.9. The number of ether oxygens (including phenoxy) is 1. The quantitative estimate of drug-likeness (QED) is 0.342. The van der Waals surface area contributed by atoms with Crippen molar-refractivity contribution >= 4 is 17.0 Å². The van der Waals surface area contributed by atoms with E-state index in [1.54, 1.807) is 10.9 Å². The van der Waals surface area contributed by atoms with E-state index < -0.39 is 11.4 Å². The second kappa shape index (κ2) is 10.0. The van der Waals surface area contributed by atoms with E-state index in [0.717, 1.165) is 71.4 Å². The number of rotatable bonds is 6. The highest BCUT2D eigenvalue weighted by Crippen LogP contribution is 2.46. The van der Waals surface area contributed by atoms with Gasteiger partial charge >= 0.3 is 5.97 Å². The Bertz CT molecular complexity index is 1590. The molecule has 0 fully saturated rings. The lowest BCUT2D eigenvalue weighted by Gasteiger charge is -2.34. The summed E-state index contributed by atoms with van der Waals surface area (Å²) in [5.74, 6) is -0.258. The van der Waals surface area contributed by atoms with Gasteiger partial charge in [0.15, 0.2) is 0 Å². The topological polar surface area (TPSA) is 93.4 Å². The molecule has 1 N–H and O–H groups in total. The first-order valence-electron chi connectivity index (χ1n) is 14.2. The van der Waals surface area contributed by atoms with Crippen molar-refractivity contribution in [2.24, 2.45) is 12.5 Å². The van der Waals surface area contributed by atoms with E-state index in [0.29, 0.717) is 0 Å². The van der Waals surface area contributed by atoms with Crippen LogP contribution in [0, 0.1) is 12.3 Å². The van der Waals surface area contributed by atoms with Gasteiger partial charge in [-0.1, -0.05) is 36.4 Å². The summed E-state index contributed by atoms with van der Waals surface area (Å²) in [5, 5.41) is 19.0. The Morgan fingerprint density at radius 1 is 1.20 bits per heavy atom. The van der Waals surface area contributed by atoms with Gasteiger partial charge in [0.25, 0.3) is 0 Å². The summed E-state index contributed by atoms with van der Waals surface area (Å²) in [6.45, 7) is 9.47. The molecule has 3 atom stereocenters. The molecule has 8 heteroatoms. The lowest BCUT2D eigenvalue weighted by atomic mass is 9.69. The molecule has 208 valence electrons. The average molecular weight is 540 g/mol. The van der Waals surface area contributed by atoms with Crippen LogP contribution in [0.5, 0.6) is 5.75 Å². The molecule has 0 amide bonds. The maximum atomic E-state index is 12.7. The Morgan fingerprint density at radius 2 is 2.02 bits per heavy atom. The number of carboxylic acid groups (broad SMARTS) is 1. The minimum Gasteiger partial charge on any atom is -0.489 e. The minimum absolute atomic E-state index is 0.107. The van der Waals surface area contributed by atoms with Crippen LogP contribution in [-0.2, 0) is 24.8 Å². The van der Waals surface area contributed by atoms with Crippen LogP contribution in [0.2, 0.25) is 0 Å².